The number of fused-ring (bicyclic) bond motifs is 1. The van der Waals surface area contributed by atoms with E-state index in [-0.39, 0.29) is 19.0 Å². The fourth-order valence-corrected chi connectivity index (χ4v) is 2.62. The number of aliphatic hydroxyl groups excluding tert-OH is 1. The number of hydrogen-bond donors (Lipinski definition) is 3. The molecule has 1 aromatic rings. The van der Waals surface area contributed by atoms with Gasteiger partial charge in [0.2, 0.25) is 5.91 Å². The van der Waals surface area contributed by atoms with Gasteiger partial charge in [-0.3, -0.25) is 4.79 Å². The van der Waals surface area contributed by atoms with Crippen LogP contribution in [0.4, 0.5) is 11.4 Å². The van der Waals surface area contributed by atoms with Crippen LogP contribution in [0.5, 0.6) is 0 Å². The molecule has 1 atom stereocenters. The predicted molar refractivity (Wildman–Crippen MR) is 69.0 cm³/mol. The number of anilines is 2. The molecule has 17 heavy (non-hydrogen) atoms. The van der Waals surface area contributed by atoms with Crippen LogP contribution in [-0.4, -0.2) is 36.0 Å². The summed E-state index contributed by atoms with van der Waals surface area (Å²) in [6.07, 6.45) is -0.712. The van der Waals surface area contributed by atoms with Crippen LogP contribution in [0, 0.1) is 0 Å². The van der Waals surface area contributed by atoms with Gasteiger partial charge in [-0.25, -0.2) is 0 Å². The Balaban J connectivity index is 2.32. The first kappa shape index (κ1) is 12.2. The van der Waals surface area contributed by atoms with Crippen LogP contribution in [0.1, 0.15) is 0 Å². The summed E-state index contributed by atoms with van der Waals surface area (Å²) in [5.74, 6) is 0.356. The van der Waals surface area contributed by atoms with E-state index in [1.165, 1.54) is 11.8 Å². The number of carbonyl (C=O) groups excluding carboxylic acids is 1. The van der Waals surface area contributed by atoms with Crippen LogP contribution in [0.15, 0.2) is 23.1 Å². The Hall–Kier alpha value is -1.24. The van der Waals surface area contributed by atoms with Crippen molar-refractivity contribution in [2.75, 3.05) is 29.5 Å². The highest BCUT2D eigenvalue weighted by Crippen LogP contribution is 2.36. The SMILES string of the molecule is NCC(O)CN1C(=O)CSc2ccc(N)cc21. The van der Waals surface area contributed by atoms with E-state index >= 15 is 0 Å². The molecule has 0 saturated heterocycles. The molecule has 6 heteroatoms. The quantitative estimate of drug-likeness (QED) is 0.661. The maximum absolute atomic E-state index is 11.8. The molecule has 1 amide bonds. The first-order valence-corrected chi connectivity index (χ1v) is 6.31. The summed E-state index contributed by atoms with van der Waals surface area (Å²) >= 11 is 1.48. The molecule has 0 aromatic heterocycles. The van der Waals surface area contributed by atoms with Gasteiger partial charge in [0.1, 0.15) is 0 Å². The summed E-state index contributed by atoms with van der Waals surface area (Å²) in [7, 11) is 0. The Labute approximate surface area is 104 Å². The van der Waals surface area contributed by atoms with Crippen molar-refractivity contribution in [3.05, 3.63) is 18.2 Å². The molecular weight excluding hydrogens is 238 g/mol. The lowest BCUT2D eigenvalue weighted by Crippen LogP contribution is -2.43. The Morgan fingerprint density at radius 3 is 3.00 bits per heavy atom. The van der Waals surface area contributed by atoms with Crippen molar-refractivity contribution in [3.63, 3.8) is 0 Å². The topological polar surface area (TPSA) is 92.6 Å². The van der Waals surface area contributed by atoms with E-state index in [0.29, 0.717) is 11.4 Å². The van der Waals surface area contributed by atoms with Crippen molar-refractivity contribution in [2.24, 2.45) is 5.73 Å². The lowest BCUT2D eigenvalue weighted by molar-refractivity contribution is -0.116. The molecule has 0 fully saturated rings. The number of β-amino-alcohol motifs (C(OH)–C–C–N with tert-alkyl or cyclic N) is 1. The van der Waals surface area contributed by atoms with Gasteiger partial charge in [-0.15, -0.1) is 11.8 Å². The van der Waals surface area contributed by atoms with Gasteiger partial charge in [-0.05, 0) is 18.2 Å². The fraction of sp³-hybridized carbons (Fsp3) is 0.364. The standard InChI is InChI=1S/C11H15N3O2S/c12-4-8(15)5-14-9-3-7(13)1-2-10(9)17-6-11(14)16/h1-3,8,15H,4-6,12-13H2. The highest BCUT2D eigenvalue weighted by molar-refractivity contribution is 8.00. The van der Waals surface area contributed by atoms with E-state index in [1.807, 2.05) is 6.07 Å². The largest absolute Gasteiger partial charge is 0.399 e. The van der Waals surface area contributed by atoms with Crippen LogP contribution in [-0.2, 0) is 4.79 Å². The third-order valence-corrected chi connectivity index (χ3v) is 3.64. The number of rotatable bonds is 3. The third-order valence-electron chi connectivity index (χ3n) is 2.59. The maximum Gasteiger partial charge on any atom is 0.237 e. The number of nitrogen functional groups attached to an aromatic ring is 1. The Bertz CT molecular complexity index is 439. The summed E-state index contributed by atoms with van der Waals surface area (Å²) in [6.45, 7) is 0.348. The zero-order valence-electron chi connectivity index (χ0n) is 9.30. The second-order valence-corrected chi connectivity index (χ2v) is 4.93. The molecule has 1 unspecified atom stereocenters. The summed E-state index contributed by atoms with van der Waals surface area (Å²) < 4.78 is 0. The molecule has 5 nitrogen and oxygen atoms in total. The van der Waals surface area contributed by atoms with Crippen molar-refractivity contribution in [1.82, 2.24) is 0 Å². The smallest absolute Gasteiger partial charge is 0.237 e. The average molecular weight is 253 g/mol. The minimum Gasteiger partial charge on any atom is -0.399 e. The van der Waals surface area contributed by atoms with Gasteiger partial charge >= 0.3 is 0 Å². The van der Waals surface area contributed by atoms with Gasteiger partial charge in [0.05, 0.1) is 24.1 Å². The summed E-state index contributed by atoms with van der Waals surface area (Å²) in [5, 5.41) is 9.57. The van der Waals surface area contributed by atoms with Crippen molar-refractivity contribution >= 4 is 29.0 Å². The number of carbonyl (C=O) groups is 1. The van der Waals surface area contributed by atoms with E-state index in [2.05, 4.69) is 0 Å². The number of amides is 1. The zero-order valence-corrected chi connectivity index (χ0v) is 10.1. The van der Waals surface area contributed by atoms with E-state index in [9.17, 15) is 9.90 Å². The van der Waals surface area contributed by atoms with Crippen LogP contribution in [0.25, 0.3) is 0 Å². The second-order valence-electron chi connectivity index (χ2n) is 3.91. The highest BCUT2D eigenvalue weighted by Gasteiger charge is 2.26. The number of hydrogen-bond acceptors (Lipinski definition) is 5. The lowest BCUT2D eigenvalue weighted by Gasteiger charge is -2.30. The van der Waals surface area contributed by atoms with Crippen LogP contribution >= 0.6 is 11.8 Å². The number of benzene rings is 1. The minimum atomic E-state index is -0.712. The molecule has 1 aromatic carbocycles. The fourth-order valence-electron chi connectivity index (χ4n) is 1.70. The van der Waals surface area contributed by atoms with E-state index in [4.69, 9.17) is 11.5 Å². The summed E-state index contributed by atoms with van der Waals surface area (Å²) in [6, 6.07) is 5.45. The molecule has 2 rings (SSSR count). The van der Waals surface area contributed by atoms with Crippen molar-refractivity contribution < 1.29 is 9.90 Å². The van der Waals surface area contributed by atoms with Crippen LogP contribution in [0.3, 0.4) is 0 Å². The first-order chi connectivity index (χ1) is 8.11. The summed E-state index contributed by atoms with van der Waals surface area (Å²) in [4.78, 5) is 14.4. The Kier molecular flexibility index (Phi) is 3.56. The van der Waals surface area contributed by atoms with Gasteiger partial charge in [-0.1, -0.05) is 0 Å². The van der Waals surface area contributed by atoms with E-state index in [0.717, 1.165) is 10.6 Å². The number of aliphatic hydroxyl groups is 1. The average Bonchev–Trinajstić information content (AvgIpc) is 2.32. The molecular formula is C11H15N3O2S. The van der Waals surface area contributed by atoms with Gasteiger partial charge in [0.25, 0.3) is 0 Å². The molecule has 1 aliphatic heterocycles. The zero-order chi connectivity index (χ0) is 12.4. The van der Waals surface area contributed by atoms with E-state index < -0.39 is 6.10 Å². The molecule has 0 radical (unpaired) electrons. The van der Waals surface area contributed by atoms with Gasteiger partial charge in [0.15, 0.2) is 0 Å². The molecule has 0 aliphatic carbocycles. The van der Waals surface area contributed by atoms with Gasteiger partial charge < -0.3 is 21.5 Å². The summed E-state index contributed by atoms with van der Waals surface area (Å²) in [5.41, 5.74) is 12.5. The van der Waals surface area contributed by atoms with Crippen LogP contribution < -0.4 is 16.4 Å². The predicted octanol–water partition coefficient (Wildman–Crippen LogP) is 0.0271. The number of nitrogens with two attached hydrogens (primary N) is 2. The molecule has 1 heterocycles. The van der Waals surface area contributed by atoms with Gasteiger partial charge in [-0.2, -0.15) is 0 Å². The molecule has 1 aliphatic rings. The maximum atomic E-state index is 11.8. The first-order valence-electron chi connectivity index (χ1n) is 5.32. The van der Waals surface area contributed by atoms with E-state index in [1.54, 1.807) is 17.0 Å². The third kappa shape index (κ3) is 2.54. The molecule has 92 valence electrons. The Morgan fingerprint density at radius 2 is 2.29 bits per heavy atom. The number of nitrogens with zero attached hydrogens (tertiary/aromatic N) is 1. The highest BCUT2D eigenvalue weighted by atomic mass is 32.2. The normalized spacial score (nSPS) is 16.8. The Morgan fingerprint density at radius 1 is 1.53 bits per heavy atom. The minimum absolute atomic E-state index is 0.0272. The van der Waals surface area contributed by atoms with Crippen molar-refractivity contribution in [3.8, 4) is 0 Å². The number of thioether (sulfide) groups is 1. The molecule has 0 saturated carbocycles. The molecule has 5 N–H and O–H groups in total. The van der Waals surface area contributed by atoms with Crippen molar-refractivity contribution in [2.45, 2.75) is 11.0 Å². The van der Waals surface area contributed by atoms with Crippen molar-refractivity contribution in [1.29, 1.82) is 0 Å². The van der Waals surface area contributed by atoms with Crippen LogP contribution in [0.2, 0.25) is 0 Å². The lowest BCUT2D eigenvalue weighted by atomic mass is 10.2. The molecule has 0 bridgehead atoms. The van der Waals surface area contributed by atoms with Gasteiger partial charge in [0, 0.05) is 17.1 Å². The molecule has 0 spiro atoms. The second kappa shape index (κ2) is 4.95. The monoisotopic (exact) mass is 253 g/mol.